The molecular formula is C16H17N3O3. The Kier molecular flexibility index (Phi) is 5.08. The van der Waals surface area contributed by atoms with Crippen LogP contribution in [0.25, 0.3) is 0 Å². The van der Waals surface area contributed by atoms with Gasteiger partial charge in [-0.3, -0.25) is 10.1 Å². The number of nitro groups is 1. The van der Waals surface area contributed by atoms with Crippen LogP contribution in [-0.2, 0) is 6.42 Å². The molecule has 0 fully saturated rings. The summed E-state index contributed by atoms with van der Waals surface area (Å²) in [5.74, 6) is 0. The van der Waals surface area contributed by atoms with Gasteiger partial charge in [0.25, 0.3) is 5.69 Å². The molecule has 114 valence electrons. The van der Waals surface area contributed by atoms with Gasteiger partial charge < -0.3 is 10.6 Å². The molecule has 0 saturated carbocycles. The molecular weight excluding hydrogens is 282 g/mol. The van der Waals surface area contributed by atoms with Crippen molar-refractivity contribution in [1.82, 2.24) is 5.32 Å². The molecule has 0 radical (unpaired) electrons. The fraction of sp³-hybridized carbons (Fsp3) is 0.188. The zero-order valence-electron chi connectivity index (χ0n) is 12.2. The van der Waals surface area contributed by atoms with E-state index in [1.54, 1.807) is 6.92 Å². The Labute approximate surface area is 128 Å². The standard InChI is InChI=1S/C16H17N3O3/c1-12-11-14(19(21)22)7-8-15(12)18-16(20)17-10-9-13-5-3-2-4-6-13/h2-8,11H,9-10H2,1H3,(H2,17,18,20). The number of urea groups is 1. The first kappa shape index (κ1) is 15.5. The fourth-order valence-electron chi connectivity index (χ4n) is 2.03. The highest BCUT2D eigenvalue weighted by atomic mass is 16.6. The van der Waals surface area contributed by atoms with E-state index in [0.29, 0.717) is 17.8 Å². The van der Waals surface area contributed by atoms with E-state index in [1.807, 2.05) is 30.3 Å². The zero-order valence-corrected chi connectivity index (χ0v) is 12.2. The minimum atomic E-state index is -0.462. The van der Waals surface area contributed by atoms with Crippen LogP contribution in [0, 0.1) is 17.0 Å². The summed E-state index contributed by atoms with van der Waals surface area (Å²) >= 11 is 0. The number of carbonyl (C=O) groups excluding carboxylic acids is 1. The molecule has 6 heteroatoms. The van der Waals surface area contributed by atoms with E-state index < -0.39 is 4.92 Å². The molecule has 0 aromatic heterocycles. The van der Waals surface area contributed by atoms with E-state index in [-0.39, 0.29) is 11.7 Å². The van der Waals surface area contributed by atoms with Crippen molar-refractivity contribution >= 4 is 17.4 Å². The molecule has 0 saturated heterocycles. The number of amides is 2. The fourth-order valence-corrected chi connectivity index (χ4v) is 2.03. The number of rotatable bonds is 5. The molecule has 0 aliphatic rings. The van der Waals surface area contributed by atoms with Crippen LogP contribution >= 0.6 is 0 Å². The van der Waals surface area contributed by atoms with Crippen molar-refractivity contribution in [2.24, 2.45) is 0 Å². The third-order valence-corrected chi connectivity index (χ3v) is 3.21. The maximum Gasteiger partial charge on any atom is 0.319 e. The normalized spacial score (nSPS) is 10.0. The Morgan fingerprint density at radius 3 is 2.55 bits per heavy atom. The molecule has 0 bridgehead atoms. The number of nitro benzene ring substituents is 1. The number of hydrogen-bond acceptors (Lipinski definition) is 3. The summed E-state index contributed by atoms with van der Waals surface area (Å²) in [6.45, 7) is 2.23. The smallest absolute Gasteiger partial charge is 0.319 e. The van der Waals surface area contributed by atoms with Gasteiger partial charge in [0.1, 0.15) is 0 Å². The van der Waals surface area contributed by atoms with Gasteiger partial charge in [-0.1, -0.05) is 30.3 Å². The molecule has 0 spiro atoms. The first-order valence-corrected chi connectivity index (χ1v) is 6.90. The lowest BCUT2D eigenvalue weighted by molar-refractivity contribution is -0.384. The van der Waals surface area contributed by atoms with Crippen LogP contribution in [0.15, 0.2) is 48.5 Å². The van der Waals surface area contributed by atoms with Gasteiger partial charge in [0.15, 0.2) is 0 Å². The highest BCUT2D eigenvalue weighted by Gasteiger charge is 2.09. The molecule has 2 aromatic rings. The van der Waals surface area contributed by atoms with E-state index in [9.17, 15) is 14.9 Å². The third-order valence-electron chi connectivity index (χ3n) is 3.21. The second-order valence-electron chi connectivity index (χ2n) is 4.87. The van der Waals surface area contributed by atoms with Crippen molar-refractivity contribution < 1.29 is 9.72 Å². The van der Waals surface area contributed by atoms with Gasteiger partial charge >= 0.3 is 6.03 Å². The number of hydrogen-bond donors (Lipinski definition) is 2. The summed E-state index contributed by atoms with van der Waals surface area (Å²) in [6.07, 6.45) is 0.744. The molecule has 2 amide bonds. The Hall–Kier alpha value is -2.89. The van der Waals surface area contributed by atoms with E-state index in [1.165, 1.54) is 18.2 Å². The zero-order chi connectivity index (χ0) is 15.9. The molecule has 2 rings (SSSR count). The lowest BCUT2D eigenvalue weighted by atomic mass is 10.1. The summed E-state index contributed by atoms with van der Waals surface area (Å²) in [5, 5.41) is 16.1. The number of non-ortho nitro benzene ring substituents is 1. The Morgan fingerprint density at radius 2 is 1.91 bits per heavy atom. The van der Waals surface area contributed by atoms with Gasteiger partial charge in [-0.25, -0.2) is 4.79 Å². The van der Waals surface area contributed by atoms with Crippen molar-refractivity contribution in [2.45, 2.75) is 13.3 Å². The monoisotopic (exact) mass is 299 g/mol. The molecule has 2 aromatic carbocycles. The van der Waals surface area contributed by atoms with Crippen LogP contribution in [-0.4, -0.2) is 17.5 Å². The summed E-state index contributed by atoms with van der Waals surface area (Å²) in [4.78, 5) is 22.0. The first-order valence-electron chi connectivity index (χ1n) is 6.90. The minimum absolute atomic E-state index is 0.00698. The lowest BCUT2D eigenvalue weighted by Crippen LogP contribution is -2.30. The van der Waals surface area contributed by atoms with Crippen molar-refractivity contribution in [3.05, 3.63) is 69.8 Å². The summed E-state index contributed by atoms with van der Waals surface area (Å²) in [5.41, 5.74) is 2.36. The van der Waals surface area contributed by atoms with E-state index in [4.69, 9.17) is 0 Å². The second kappa shape index (κ2) is 7.21. The van der Waals surface area contributed by atoms with Crippen molar-refractivity contribution in [1.29, 1.82) is 0 Å². The Morgan fingerprint density at radius 1 is 1.18 bits per heavy atom. The van der Waals surface area contributed by atoms with Crippen LogP contribution < -0.4 is 10.6 Å². The molecule has 0 heterocycles. The lowest BCUT2D eigenvalue weighted by Gasteiger charge is -2.09. The number of anilines is 1. The maximum atomic E-state index is 11.8. The molecule has 6 nitrogen and oxygen atoms in total. The van der Waals surface area contributed by atoms with Gasteiger partial charge in [-0.15, -0.1) is 0 Å². The van der Waals surface area contributed by atoms with Gasteiger partial charge in [-0.05, 0) is 30.5 Å². The van der Waals surface area contributed by atoms with Crippen LogP contribution in [0.3, 0.4) is 0 Å². The molecule has 0 unspecified atom stereocenters. The van der Waals surface area contributed by atoms with Crippen LogP contribution in [0.5, 0.6) is 0 Å². The predicted molar refractivity (Wildman–Crippen MR) is 85.0 cm³/mol. The Balaban J connectivity index is 1.85. The van der Waals surface area contributed by atoms with Gasteiger partial charge in [-0.2, -0.15) is 0 Å². The number of carbonyl (C=O) groups is 1. The van der Waals surface area contributed by atoms with Crippen LogP contribution in [0.4, 0.5) is 16.2 Å². The van der Waals surface area contributed by atoms with Gasteiger partial charge in [0, 0.05) is 24.4 Å². The van der Waals surface area contributed by atoms with Crippen molar-refractivity contribution in [3.63, 3.8) is 0 Å². The minimum Gasteiger partial charge on any atom is -0.338 e. The van der Waals surface area contributed by atoms with Gasteiger partial charge in [0.2, 0.25) is 0 Å². The molecule has 2 N–H and O–H groups in total. The number of nitrogens with zero attached hydrogens (tertiary/aromatic N) is 1. The van der Waals surface area contributed by atoms with E-state index in [0.717, 1.165) is 12.0 Å². The first-order chi connectivity index (χ1) is 10.6. The average Bonchev–Trinajstić information content (AvgIpc) is 2.50. The highest BCUT2D eigenvalue weighted by Crippen LogP contribution is 2.20. The number of benzene rings is 2. The van der Waals surface area contributed by atoms with Crippen LogP contribution in [0.2, 0.25) is 0 Å². The van der Waals surface area contributed by atoms with Crippen molar-refractivity contribution in [2.75, 3.05) is 11.9 Å². The largest absolute Gasteiger partial charge is 0.338 e. The average molecular weight is 299 g/mol. The van der Waals surface area contributed by atoms with E-state index in [2.05, 4.69) is 10.6 Å². The van der Waals surface area contributed by atoms with Crippen LogP contribution in [0.1, 0.15) is 11.1 Å². The predicted octanol–water partition coefficient (Wildman–Crippen LogP) is 3.27. The molecule has 22 heavy (non-hydrogen) atoms. The molecule has 0 aliphatic carbocycles. The molecule has 0 atom stereocenters. The third kappa shape index (κ3) is 4.31. The SMILES string of the molecule is Cc1cc([N+](=O)[O-])ccc1NC(=O)NCCc1ccccc1. The number of nitrogens with one attached hydrogen (secondary N) is 2. The quantitative estimate of drug-likeness (QED) is 0.656. The van der Waals surface area contributed by atoms with Gasteiger partial charge in [0.05, 0.1) is 4.92 Å². The number of aryl methyl sites for hydroxylation is 1. The second-order valence-corrected chi connectivity index (χ2v) is 4.87. The van der Waals surface area contributed by atoms with E-state index >= 15 is 0 Å². The highest BCUT2D eigenvalue weighted by molar-refractivity contribution is 5.90. The topological polar surface area (TPSA) is 84.3 Å². The molecule has 0 aliphatic heterocycles. The van der Waals surface area contributed by atoms with Crippen molar-refractivity contribution in [3.8, 4) is 0 Å². The summed E-state index contributed by atoms with van der Waals surface area (Å²) < 4.78 is 0. The summed E-state index contributed by atoms with van der Waals surface area (Å²) in [6, 6.07) is 13.9. The Bertz CT molecular complexity index is 672. The maximum absolute atomic E-state index is 11.8. The summed E-state index contributed by atoms with van der Waals surface area (Å²) in [7, 11) is 0.